The highest BCUT2D eigenvalue weighted by molar-refractivity contribution is 7.99. The molecule has 1 atom stereocenters. The van der Waals surface area contributed by atoms with Crippen molar-refractivity contribution in [3.8, 4) is 0 Å². The highest BCUT2D eigenvalue weighted by atomic mass is 32.2. The molecule has 0 amide bonds. The lowest BCUT2D eigenvalue weighted by Crippen LogP contribution is -2.14. The number of carbonyl (C=O) groups excluding carboxylic acids is 1. The van der Waals surface area contributed by atoms with Gasteiger partial charge in [-0.15, -0.1) is 11.8 Å². The maximum atomic E-state index is 11.4. The highest BCUT2D eigenvalue weighted by Gasteiger charge is 2.21. The first kappa shape index (κ1) is 15.2. The van der Waals surface area contributed by atoms with Crippen LogP contribution in [0.1, 0.15) is 6.92 Å². The molecule has 0 N–H and O–H groups in total. The maximum absolute atomic E-state index is 11.4. The minimum Gasteiger partial charge on any atom is -0.469 e. The Morgan fingerprint density at radius 1 is 1.48 bits per heavy atom. The lowest BCUT2D eigenvalue weighted by molar-refractivity contribution is -0.387. The van der Waals surface area contributed by atoms with Crippen LogP contribution in [-0.2, 0) is 9.53 Å². The number of para-hydroxylation sites is 1. The summed E-state index contributed by atoms with van der Waals surface area (Å²) >= 11 is 1.27. The minimum atomic E-state index is -0.454. The Kier molecular flexibility index (Phi) is 4.74. The molecule has 0 aliphatic carbocycles. The van der Waals surface area contributed by atoms with Crippen molar-refractivity contribution >= 4 is 34.3 Å². The van der Waals surface area contributed by atoms with Gasteiger partial charge in [0.05, 0.1) is 28.4 Å². The molecule has 6 nitrogen and oxygen atoms in total. The number of hydrogen-bond acceptors (Lipinski definition) is 6. The Hall–Kier alpha value is -2.15. The van der Waals surface area contributed by atoms with Gasteiger partial charge in [-0.25, -0.2) is 4.98 Å². The number of rotatable bonds is 5. The Balaban J connectivity index is 2.38. The van der Waals surface area contributed by atoms with Gasteiger partial charge >= 0.3 is 11.7 Å². The Morgan fingerprint density at radius 3 is 2.86 bits per heavy atom. The van der Waals surface area contributed by atoms with Crippen LogP contribution >= 0.6 is 11.8 Å². The molecule has 7 heteroatoms. The summed E-state index contributed by atoms with van der Waals surface area (Å²) in [5.74, 6) is -0.267. The van der Waals surface area contributed by atoms with Crippen molar-refractivity contribution in [1.29, 1.82) is 0 Å². The zero-order valence-corrected chi connectivity index (χ0v) is 12.4. The second kappa shape index (κ2) is 6.53. The Labute approximate surface area is 125 Å². The fourth-order valence-corrected chi connectivity index (χ4v) is 3.02. The third-order valence-electron chi connectivity index (χ3n) is 2.99. The maximum Gasteiger partial charge on any atom is 0.309 e. The van der Waals surface area contributed by atoms with E-state index in [0.29, 0.717) is 21.6 Å². The summed E-state index contributed by atoms with van der Waals surface area (Å²) in [4.78, 5) is 26.8. The van der Waals surface area contributed by atoms with Crippen molar-refractivity contribution in [2.45, 2.75) is 11.8 Å². The molecule has 0 bridgehead atoms. The van der Waals surface area contributed by atoms with Crippen LogP contribution in [0, 0.1) is 16.0 Å². The van der Waals surface area contributed by atoms with E-state index < -0.39 is 4.92 Å². The van der Waals surface area contributed by atoms with Crippen molar-refractivity contribution in [3.05, 3.63) is 40.6 Å². The van der Waals surface area contributed by atoms with Crippen molar-refractivity contribution in [2.24, 2.45) is 5.92 Å². The van der Waals surface area contributed by atoms with Crippen molar-refractivity contribution in [1.82, 2.24) is 4.98 Å². The quantitative estimate of drug-likeness (QED) is 0.365. The third kappa shape index (κ3) is 3.30. The molecule has 1 aromatic carbocycles. The number of carbonyl (C=O) groups is 1. The Bertz CT molecular complexity index is 690. The van der Waals surface area contributed by atoms with Gasteiger partial charge in [0, 0.05) is 11.1 Å². The number of thioether (sulfide) groups is 1. The van der Waals surface area contributed by atoms with Crippen LogP contribution in [0.3, 0.4) is 0 Å². The van der Waals surface area contributed by atoms with Crippen LogP contribution < -0.4 is 0 Å². The van der Waals surface area contributed by atoms with E-state index in [9.17, 15) is 14.9 Å². The minimum absolute atomic E-state index is 0.0456. The number of fused-ring (bicyclic) bond motifs is 1. The summed E-state index contributed by atoms with van der Waals surface area (Å²) in [7, 11) is 1.33. The SMILES string of the molecule is COC(=O)C(C)CSc1c([N+](=O)[O-])cnc2ccccc12. The fraction of sp³-hybridized carbons (Fsp3) is 0.286. The van der Waals surface area contributed by atoms with E-state index in [1.54, 1.807) is 19.1 Å². The summed E-state index contributed by atoms with van der Waals surface area (Å²) in [6, 6.07) is 7.22. The number of aromatic nitrogens is 1. The molecule has 2 rings (SSSR count). The topological polar surface area (TPSA) is 82.3 Å². The number of nitro groups is 1. The smallest absolute Gasteiger partial charge is 0.309 e. The van der Waals surface area contributed by atoms with Gasteiger partial charge in [-0.05, 0) is 6.07 Å². The average Bonchev–Trinajstić information content (AvgIpc) is 2.50. The molecule has 2 aromatic rings. The predicted molar refractivity (Wildman–Crippen MR) is 80.3 cm³/mol. The zero-order chi connectivity index (χ0) is 15.4. The summed E-state index contributed by atoms with van der Waals surface area (Å²) < 4.78 is 4.67. The summed E-state index contributed by atoms with van der Waals surface area (Å²) in [6.45, 7) is 1.73. The summed E-state index contributed by atoms with van der Waals surface area (Å²) in [5, 5.41) is 11.9. The van der Waals surface area contributed by atoms with E-state index in [2.05, 4.69) is 9.72 Å². The second-order valence-electron chi connectivity index (χ2n) is 4.48. The van der Waals surface area contributed by atoms with Crippen molar-refractivity contribution in [3.63, 3.8) is 0 Å². The van der Waals surface area contributed by atoms with Gasteiger partial charge in [-0.3, -0.25) is 14.9 Å². The van der Waals surface area contributed by atoms with Crippen molar-refractivity contribution < 1.29 is 14.5 Å². The zero-order valence-electron chi connectivity index (χ0n) is 11.6. The van der Waals surface area contributed by atoms with Gasteiger partial charge in [-0.1, -0.05) is 25.1 Å². The molecule has 0 saturated heterocycles. The number of benzene rings is 1. The largest absolute Gasteiger partial charge is 0.469 e. The molecule has 1 heterocycles. The molecule has 0 aliphatic rings. The van der Waals surface area contributed by atoms with Gasteiger partial charge < -0.3 is 4.74 Å². The third-order valence-corrected chi connectivity index (χ3v) is 4.37. The standard InChI is InChI=1S/C14H14N2O4S/c1-9(14(17)20-2)8-21-13-10-5-3-4-6-11(10)15-7-12(13)16(18)19/h3-7,9H,8H2,1-2H3. The van der Waals surface area contributed by atoms with E-state index in [0.717, 1.165) is 0 Å². The van der Waals surface area contributed by atoms with E-state index in [1.165, 1.54) is 25.1 Å². The lowest BCUT2D eigenvalue weighted by Gasteiger charge is -2.10. The number of ether oxygens (including phenoxy) is 1. The van der Waals surface area contributed by atoms with Crippen LogP contribution in [0.5, 0.6) is 0 Å². The molecule has 0 radical (unpaired) electrons. The summed E-state index contributed by atoms with van der Waals surface area (Å²) in [6.07, 6.45) is 1.26. The molecule has 1 aromatic heterocycles. The van der Waals surface area contributed by atoms with E-state index in [1.807, 2.05) is 12.1 Å². The van der Waals surface area contributed by atoms with Crippen LogP contribution in [0.25, 0.3) is 10.9 Å². The number of hydrogen-bond donors (Lipinski definition) is 0. The molecule has 21 heavy (non-hydrogen) atoms. The molecular weight excluding hydrogens is 292 g/mol. The van der Waals surface area contributed by atoms with E-state index in [-0.39, 0.29) is 17.6 Å². The average molecular weight is 306 g/mol. The molecule has 0 saturated carbocycles. The number of nitrogens with zero attached hydrogens (tertiary/aromatic N) is 2. The molecule has 0 spiro atoms. The van der Waals surface area contributed by atoms with Gasteiger partial charge in [0.2, 0.25) is 0 Å². The number of methoxy groups -OCH3 is 1. The first-order valence-electron chi connectivity index (χ1n) is 6.27. The van der Waals surface area contributed by atoms with Crippen LogP contribution in [0.2, 0.25) is 0 Å². The predicted octanol–water partition coefficient (Wildman–Crippen LogP) is 3.04. The van der Waals surface area contributed by atoms with Crippen molar-refractivity contribution in [2.75, 3.05) is 12.9 Å². The first-order chi connectivity index (χ1) is 10.0. The van der Waals surface area contributed by atoms with Gasteiger partial charge in [0.25, 0.3) is 0 Å². The molecule has 0 aliphatic heterocycles. The molecule has 0 fully saturated rings. The van der Waals surface area contributed by atoms with Crippen LogP contribution in [0.15, 0.2) is 35.4 Å². The molecular formula is C14H14N2O4S. The van der Waals surface area contributed by atoms with Crippen LogP contribution in [0.4, 0.5) is 5.69 Å². The van der Waals surface area contributed by atoms with Gasteiger partial charge in [0.15, 0.2) is 0 Å². The van der Waals surface area contributed by atoms with Crippen LogP contribution in [-0.4, -0.2) is 28.7 Å². The number of esters is 1. The Morgan fingerprint density at radius 2 is 2.19 bits per heavy atom. The number of pyridine rings is 1. The fourth-order valence-electron chi connectivity index (χ4n) is 1.86. The highest BCUT2D eigenvalue weighted by Crippen LogP contribution is 2.35. The monoisotopic (exact) mass is 306 g/mol. The van der Waals surface area contributed by atoms with Gasteiger partial charge in [0.1, 0.15) is 6.20 Å². The lowest BCUT2D eigenvalue weighted by atomic mass is 10.2. The van der Waals surface area contributed by atoms with E-state index >= 15 is 0 Å². The summed E-state index contributed by atoms with van der Waals surface area (Å²) in [5.41, 5.74) is 0.645. The molecule has 110 valence electrons. The van der Waals surface area contributed by atoms with E-state index in [4.69, 9.17) is 0 Å². The first-order valence-corrected chi connectivity index (χ1v) is 7.26. The molecule has 1 unspecified atom stereocenters. The normalized spacial score (nSPS) is 12.1. The van der Waals surface area contributed by atoms with Gasteiger partial charge in [-0.2, -0.15) is 0 Å². The second-order valence-corrected chi connectivity index (χ2v) is 5.51.